The molecule has 3 aromatic rings. The van der Waals surface area contributed by atoms with Gasteiger partial charge in [-0.05, 0) is 44.0 Å². The van der Waals surface area contributed by atoms with Gasteiger partial charge in [0.15, 0.2) is 0 Å². The summed E-state index contributed by atoms with van der Waals surface area (Å²) in [4.78, 5) is 29.7. The number of carbonyl (C=O) groups excluding carboxylic acids is 2. The molecule has 1 unspecified atom stereocenters. The van der Waals surface area contributed by atoms with Crippen molar-refractivity contribution >= 4 is 22.8 Å². The van der Waals surface area contributed by atoms with Gasteiger partial charge in [-0.25, -0.2) is 4.98 Å². The van der Waals surface area contributed by atoms with Crippen molar-refractivity contribution in [2.24, 2.45) is 0 Å². The number of hydrogen-bond donors (Lipinski definition) is 2. The summed E-state index contributed by atoms with van der Waals surface area (Å²) in [6.45, 7) is 6.62. The largest absolute Gasteiger partial charge is 0.355 e. The van der Waals surface area contributed by atoms with Crippen LogP contribution in [0.1, 0.15) is 48.1 Å². The van der Waals surface area contributed by atoms with E-state index in [1.54, 1.807) is 6.07 Å². The molecule has 0 saturated carbocycles. The Labute approximate surface area is 165 Å². The molecule has 146 valence electrons. The van der Waals surface area contributed by atoms with Crippen molar-refractivity contribution in [1.29, 1.82) is 0 Å². The maximum Gasteiger partial charge on any atom is 0.252 e. The summed E-state index contributed by atoms with van der Waals surface area (Å²) in [7, 11) is 0. The number of rotatable bonds is 7. The molecular weight excluding hydrogens is 352 g/mol. The zero-order valence-electron chi connectivity index (χ0n) is 16.5. The number of nitrogens with zero attached hydrogens (tertiary/aromatic N) is 2. The Kier molecular flexibility index (Phi) is 6.09. The van der Waals surface area contributed by atoms with E-state index in [-0.39, 0.29) is 24.4 Å². The molecule has 0 spiro atoms. The normalized spacial score (nSPS) is 12.0. The third-order valence-corrected chi connectivity index (χ3v) is 4.68. The third kappa shape index (κ3) is 4.22. The standard InChI is InChI=1S/C22H26N4O2/c1-4-13-23-20(27)14-26-19-12-8-7-11-18(19)25-21(26)16(3)24-22(28)17-10-6-5-9-15(17)2/h5-12,16H,4,13-14H2,1-3H3,(H,23,27)(H,24,28). The Hall–Kier alpha value is -3.15. The van der Waals surface area contributed by atoms with Crippen LogP contribution in [0.25, 0.3) is 11.0 Å². The van der Waals surface area contributed by atoms with Gasteiger partial charge in [0.1, 0.15) is 12.4 Å². The summed E-state index contributed by atoms with van der Waals surface area (Å²) in [5.41, 5.74) is 3.23. The van der Waals surface area contributed by atoms with Crippen LogP contribution in [0.2, 0.25) is 0 Å². The minimum Gasteiger partial charge on any atom is -0.355 e. The van der Waals surface area contributed by atoms with Crippen LogP contribution in [-0.4, -0.2) is 27.9 Å². The Morgan fingerprint density at radius 2 is 1.82 bits per heavy atom. The van der Waals surface area contributed by atoms with Crippen LogP contribution in [0.3, 0.4) is 0 Å². The monoisotopic (exact) mass is 378 g/mol. The van der Waals surface area contributed by atoms with Crippen LogP contribution in [0.15, 0.2) is 48.5 Å². The fraction of sp³-hybridized carbons (Fsp3) is 0.318. The van der Waals surface area contributed by atoms with E-state index >= 15 is 0 Å². The van der Waals surface area contributed by atoms with Crippen LogP contribution in [-0.2, 0) is 11.3 Å². The number of aryl methyl sites for hydroxylation is 1. The number of hydrogen-bond acceptors (Lipinski definition) is 3. The molecule has 1 aromatic heterocycles. The maximum atomic E-state index is 12.7. The summed E-state index contributed by atoms with van der Waals surface area (Å²) in [5, 5.41) is 5.92. The Morgan fingerprint density at radius 1 is 1.11 bits per heavy atom. The van der Waals surface area contributed by atoms with Crippen LogP contribution >= 0.6 is 0 Å². The number of aromatic nitrogens is 2. The fourth-order valence-electron chi connectivity index (χ4n) is 3.22. The lowest BCUT2D eigenvalue weighted by Crippen LogP contribution is -2.32. The van der Waals surface area contributed by atoms with E-state index in [0.717, 1.165) is 23.0 Å². The lowest BCUT2D eigenvalue weighted by molar-refractivity contribution is -0.121. The van der Waals surface area contributed by atoms with Crippen molar-refractivity contribution in [3.05, 3.63) is 65.5 Å². The molecule has 0 aliphatic rings. The van der Waals surface area contributed by atoms with E-state index in [9.17, 15) is 9.59 Å². The van der Waals surface area contributed by atoms with Gasteiger partial charge in [0.25, 0.3) is 5.91 Å². The lowest BCUT2D eigenvalue weighted by Gasteiger charge is -2.17. The second-order valence-electron chi connectivity index (χ2n) is 6.90. The first kappa shape index (κ1) is 19.6. The molecule has 0 fully saturated rings. The van der Waals surface area contributed by atoms with Crippen LogP contribution < -0.4 is 10.6 Å². The smallest absolute Gasteiger partial charge is 0.252 e. The molecule has 0 bridgehead atoms. The first-order valence-electron chi connectivity index (χ1n) is 9.59. The zero-order valence-corrected chi connectivity index (χ0v) is 16.5. The van der Waals surface area contributed by atoms with Gasteiger partial charge in [-0.1, -0.05) is 37.3 Å². The van der Waals surface area contributed by atoms with Gasteiger partial charge in [0.05, 0.1) is 17.1 Å². The molecule has 3 rings (SSSR count). The van der Waals surface area contributed by atoms with Crippen molar-refractivity contribution in [2.75, 3.05) is 6.54 Å². The topological polar surface area (TPSA) is 76.0 Å². The van der Waals surface area contributed by atoms with Crippen LogP contribution in [0.4, 0.5) is 0 Å². The molecule has 2 aromatic carbocycles. The number of carbonyl (C=O) groups is 2. The minimum atomic E-state index is -0.349. The van der Waals surface area contributed by atoms with Gasteiger partial charge >= 0.3 is 0 Å². The zero-order chi connectivity index (χ0) is 20.1. The van der Waals surface area contributed by atoms with Gasteiger partial charge in [-0.15, -0.1) is 0 Å². The average Bonchev–Trinajstić information content (AvgIpc) is 3.05. The summed E-state index contributed by atoms with van der Waals surface area (Å²) < 4.78 is 1.88. The van der Waals surface area contributed by atoms with E-state index in [4.69, 9.17) is 0 Å². The Morgan fingerprint density at radius 3 is 2.57 bits per heavy atom. The predicted octanol–water partition coefficient (Wildman–Crippen LogP) is 3.36. The van der Waals surface area contributed by atoms with Gasteiger partial charge in [0.2, 0.25) is 5.91 Å². The molecule has 2 amide bonds. The van der Waals surface area contributed by atoms with Gasteiger partial charge in [-0.2, -0.15) is 0 Å². The lowest BCUT2D eigenvalue weighted by atomic mass is 10.1. The first-order valence-corrected chi connectivity index (χ1v) is 9.59. The molecule has 6 heteroatoms. The summed E-state index contributed by atoms with van der Waals surface area (Å²) in [5.74, 6) is 0.443. The highest BCUT2D eigenvalue weighted by Gasteiger charge is 2.21. The summed E-state index contributed by atoms with van der Waals surface area (Å²) >= 11 is 0. The van der Waals surface area contributed by atoms with Crippen molar-refractivity contribution in [1.82, 2.24) is 20.2 Å². The van der Waals surface area contributed by atoms with E-state index in [0.29, 0.717) is 17.9 Å². The van der Waals surface area contributed by atoms with E-state index in [2.05, 4.69) is 15.6 Å². The molecule has 2 N–H and O–H groups in total. The Bertz CT molecular complexity index is 993. The number of benzene rings is 2. The molecule has 1 heterocycles. The molecule has 0 aliphatic heterocycles. The highest BCUT2D eigenvalue weighted by Crippen LogP contribution is 2.21. The number of imidazole rings is 1. The maximum absolute atomic E-state index is 12.7. The minimum absolute atomic E-state index is 0.0660. The second-order valence-corrected chi connectivity index (χ2v) is 6.90. The number of para-hydroxylation sites is 2. The highest BCUT2D eigenvalue weighted by atomic mass is 16.2. The number of amides is 2. The van der Waals surface area contributed by atoms with Crippen molar-refractivity contribution in [3.8, 4) is 0 Å². The van der Waals surface area contributed by atoms with Crippen LogP contribution in [0.5, 0.6) is 0 Å². The van der Waals surface area contributed by atoms with Gasteiger partial charge < -0.3 is 15.2 Å². The van der Waals surface area contributed by atoms with Crippen LogP contribution in [0, 0.1) is 6.92 Å². The number of nitrogens with one attached hydrogen (secondary N) is 2. The number of fused-ring (bicyclic) bond motifs is 1. The summed E-state index contributed by atoms with van der Waals surface area (Å²) in [6.07, 6.45) is 0.881. The fourth-order valence-corrected chi connectivity index (χ4v) is 3.22. The van der Waals surface area contributed by atoms with Gasteiger partial charge in [-0.3, -0.25) is 9.59 Å². The molecule has 0 radical (unpaired) electrons. The molecular formula is C22H26N4O2. The van der Waals surface area contributed by atoms with E-state index < -0.39 is 0 Å². The molecule has 0 aliphatic carbocycles. The third-order valence-electron chi connectivity index (χ3n) is 4.68. The molecule has 28 heavy (non-hydrogen) atoms. The summed E-state index contributed by atoms with van der Waals surface area (Å²) in [6, 6.07) is 14.8. The Balaban J connectivity index is 1.88. The average molecular weight is 378 g/mol. The van der Waals surface area contributed by atoms with Crippen molar-refractivity contribution in [2.45, 2.75) is 39.8 Å². The molecule has 1 atom stereocenters. The van der Waals surface area contributed by atoms with E-state index in [1.165, 1.54) is 0 Å². The van der Waals surface area contributed by atoms with Gasteiger partial charge in [0, 0.05) is 12.1 Å². The van der Waals surface area contributed by atoms with Crippen molar-refractivity contribution < 1.29 is 9.59 Å². The predicted molar refractivity (Wildman–Crippen MR) is 110 cm³/mol. The molecule has 0 saturated heterocycles. The first-order chi connectivity index (χ1) is 13.5. The molecule has 6 nitrogen and oxygen atoms in total. The second kappa shape index (κ2) is 8.69. The SMILES string of the molecule is CCCNC(=O)Cn1c(C(C)NC(=O)c2ccccc2C)nc2ccccc21. The van der Waals surface area contributed by atoms with Crippen molar-refractivity contribution in [3.63, 3.8) is 0 Å². The highest BCUT2D eigenvalue weighted by molar-refractivity contribution is 5.95. The van der Waals surface area contributed by atoms with E-state index in [1.807, 2.05) is 67.8 Å². The quantitative estimate of drug-likeness (QED) is 0.662.